The molecule has 0 radical (unpaired) electrons. The third-order valence-electron chi connectivity index (χ3n) is 6.83. The van der Waals surface area contributed by atoms with E-state index in [2.05, 4.69) is 42.6 Å². The predicted molar refractivity (Wildman–Crippen MR) is 150 cm³/mol. The van der Waals surface area contributed by atoms with Crippen LogP contribution in [-0.2, 0) is 4.79 Å². The zero-order chi connectivity index (χ0) is 26.8. The quantitative estimate of drug-likeness (QED) is 0.285. The Labute approximate surface area is 225 Å². The number of anilines is 3. The van der Waals surface area contributed by atoms with E-state index in [0.717, 1.165) is 47.2 Å². The molecule has 1 atom stereocenters. The molecule has 0 bridgehead atoms. The number of benzene rings is 2. The van der Waals surface area contributed by atoms with Gasteiger partial charge in [-0.2, -0.15) is 0 Å². The number of nitrogens with one attached hydrogen (secondary N) is 2. The molecule has 1 aliphatic heterocycles. The van der Waals surface area contributed by atoms with E-state index < -0.39 is 0 Å². The molecule has 3 aromatic heterocycles. The molecular weight excluding hydrogens is 492 g/mol. The zero-order valence-electron chi connectivity index (χ0n) is 21.7. The fraction of sp³-hybridized carbons (Fsp3) is 0.207. The summed E-state index contributed by atoms with van der Waals surface area (Å²) >= 11 is 0. The second-order valence-electron chi connectivity index (χ2n) is 9.60. The van der Waals surface area contributed by atoms with Gasteiger partial charge in [0.05, 0.1) is 5.52 Å². The minimum Gasteiger partial charge on any atom is -0.437 e. The van der Waals surface area contributed by atoms with Gasteiger partial charge in [0.1, 0.15) is 17.9 Å². The lowest BCUT2D eigenvalue weighted by atomic mass is 10.1. The van der Waals surface area contributed by atoms with Crippen LogP contribution in [0.25, 0.3) is 16.6 Å². The van der Waals surface area contributed by atoms with Crippen LogP contribution in [0, 0.1) is 6.92 Å². The zero-order valence-corrected chi connectivity index (χ0v) is 21.7. The van der Waals surface area contributed by atoms with Crippen LogP contribution in [0.15, 0.2) is 79.4 Å². The lowest BCUT2D eigenvalue weighted by molar-refractivity contribution is -0.111. The highest BCUT2D eigenvalue weighted by Gasteiger charge is 2.18. The van der Waals surface area contributed by atoms with E-state index in [1.165, 1.54) is 6.33 Å². The van der Waals surface area contributed by atoms with Gasteiger partial charge in [-0.1, -0.05) is 6.08 Å². The fourth-order valence-corrected chi connectivity index (χ4v) is 4.74. The van der Waals surface area contributed by atoms with Crippen molar-refractivity contribution in [1.29, 1.82) is 0 Å². The standard InChI is InChI=1S/C29H28N8O2/c1-19-16-20(6-9-25(19)39-28-12-10-26-30-13-15-37(26)35-28)34-29-23-17-21(5-8-24(23)31-18-32-29)33-27(38)11-7-22-4-3-14-36(22)2/h5-13,15-18,22H,3-4,14H2,1-2H3,(H,33,38)(H,31,32,34)/b11-7+. The van der Waals surface area contributed by atoms with Gasteiger partial charge >= 0.3 is 0 Å². The lowest BCUT2D eigenvalue weighted by Crippen LogP contribution is -2.23. The summed E-state index contributed by atoms with van der Waals surface area (Å²) in [5.74, 6) is 1.65. The van der Waals surface area contributed by atoms with E-state index in [1.807, 2.05) is 55.5 Å². The van der Waals surface area contributed by atoms with Crippen molar-refractivity contribution in [1.82, 2.24) is 29.5 Å². The first-order chi connectivity index (χ1) is 19.0. The predicted octanol–water partition coefficient (Wildman–Crippen LogP) is 5.11. The Balaban J connectivity index is 1.18. The number of carbonyl (C=O) groups is 1. The number of fused-ring (bicyclic) bond motifs is 2. The van der Waals surface area contributed by atoms with Crippen molar-refractivity contribution < 1.29 is 9.53 Å². The molecule has 39 heavy (non-hydrogen) atoms. The van der Waals surface area contributed by atoms with Crippen molar-refractivity contribution >= 4 is 39.6 Å². The molecule has 4 heterocycles. The van der Waals surface area contributed by atoms with Crippen LogP contribution in [0.3, 0.4) is 0 Å². The first-order valence-corrected chi connectivity index (χ1v) is 12.8. The molecule has 0 spiro atoms. The number of ether oxygens (including phenoxy) is 1. The van der Waals surface area contributed by atoms with Crippen LogP contribution in [0.2, 0.25) is 0 Å². The van der Waals surface area contributed by atoms with Gasteiger partial charge in [-0.3, -0.25) is 9.69 Å². The Morgan fingerprint density at radius 2 is 1.97 bits per heavy atom. The first kappa shape index (κ1) is 24.5. The number of hydrogen-bond acceptors (Lipinski definition) is 8. The fourth-order valence-electron chi connectivity index (χ4n) is 4.74. The molecule has 196 valence electrons. The summed E-state index contributed by atoms with van der Waals surface area (Å²) in [5, 5.41) is 11.6. The lowest BCUT2D eigenvalue weighted by Gasteiger charge is -2.14. The highest BCUT2D eigenvalue weighted by atomic mass is 16.5. The monoisotopic (exact) mass is 520 g/mol. The van der Waals surface area contributed by atoms with Gasteiger partial charge in [-0.15, -0.1) is 5.10 Å². The molecule has 0 aliphatic carbocycles. The van der Waals surface area contributed by atoms with Crippen molar-refractivity contribution in [2.45, 2.75) is 25.8 Å². The van der Waals surface area contributed by atoms with Crippen molar-refractivity contribution in [3.05, 3.63) is 85.0 Å². The SMILES string of the molecule is Cc1cc(Nc2ncnc3ccc(NC(=O)/C=C/C4CCCN4C)cc23)ccc1Oc1ccc2nccn2n1. The van der Waals surface area contributed by atoms with E-state index in [1.54, 1.807) is 29.1 Å². The molecule has 6 rings (SSSR count). The number of aromatic nitrogens is 5. The summed E-state index contributed by atoms with van der Waals surface area (Å²) < 4.78 is 7.68. The van der Waals surface area contributed by atoms with Crippen LogP contribution in [-0.4, -0.2) is 55.0 Å². The Bertz CT molecular complexity index is 1700. The van der Waals surface area contributed by atoms with Gasteiger partial charge < -0.3 is 15.4 Å². The molecule has 1 amide bonds. The van der Waals surface area contributed by atoms with Crippen LogP contribution >= 0.6 is 0 Å². The van der Waals surface area contributed by atoms with E-state index in [0.29, 0.717) is 29.2 Å². The summed E-state index contributed by atoms with van der Waals surface area (Å²) in [6, 6.07) is 15.4. The molecule has 5 aromatic rings. The highest BCUT2D eigenvalue weighted by Crippen LogP contribution is 2.30. The van der Waals surface area contributed by atoms with E-state index >= 15 is 0 Å². The topological polar surface area (TPSA) is 110 Å². The summed E-state index contributed by atoms with van der Waals surface area (Å²) in [7, 11) is 2.08. The van der Waals surface area contributed by atoms with E-state index in [4.69, 9.17) is 4.74 Å². The molecule has 1 fully saturated rings. The minimum atomic E-state index is -0.158. The first-order valence-electron chi connectivity index (χ1n) is 12.8. The Morgan fingerprint density at radius 1 is 1.08 bits per heavy atom. The summed E-state index contributed by atoms with van der Waals surface area (Å²) in [6.45, 7) is 3.03. The average Bonchev–Trinajstić information content (AvgIpc) is 3.57. The third kappa shape index (κ3) is 5.41. The maximum Gasteiger partial charge on any atom is 0.248 e. The number of hydrogen-bond donors (Lipinski definition) is 2. The number of likely N-dealkylation sites (N-methyl/N-ethyl adjacent to an activating group) is 1. The summed E-state index contributed by atoms with van der Waals surface area (Å²) in [5.41, 5.74) is 3.98. The molecule has 1 aliphatic rings. The molecule has 1 saturated heterocycles. The highest BCUT2D eigenvalue weighted by molar-refractivity contribution is 6.02. The maximum atomic E-state index is 12.6. The minimum absolute atomic E-state index is 0.158. The van der Waals surface area contributed by atoms with Gasteiger partial charge in [0, 0.05) is 47.3 Å². The number of aryl methyl sites for hydroxylation is 1. The number of likely N-dealkylation sites (tertiary alicyclic amines) is 1. The normalized spacial score (nSPS) is 15.8. The van der Waals surface area contributed by atoms with Gasteiger partial charge in [-0.05, 0) is 81.4 Å². The van der Waals surface area contributed by atoms with Crippen molar-refractivity contribution in [3.63, 3.8) is 0 Å². The molecule has 2 N–H and O–H groups in total. The van der Waals surface area contributed by atoms with Crippen molar-refractivity contribution in [2.75, 3.05) is 24.2 Å². The Hall–Kier alpha value is -4.83. The molecule has 10 heteroatoms. The number of imidazole rings is 1. The number of carbonyl (C=O) groups excluding carboxylic acids is 1. The third-order valence-corrected chi connectivity index (χ3v) is 6.83. The second kappa shape index (κ2) is 10.5. The molecule has 10 nitrogen and oxygen atoms in total. The van der Waals surface area contributed by atoms with Crippen LogP contribution in [0.1, 0.15) is 18.4 Å². The van der Waals surface area contributed by atoms with Crippen LogP contribution in [0.4, 0.5) is 17.2 Å². The smallest absolute Gasteiger partial charge is 0.248 e. The van der Waals surface area contributed by atoms with Crippen molar-refractivity contribution in [2.24, 2.45) is 0 Å². The molecule has 2 aromatic carbocycles. The summed E-state index contributed by atoms with van der Waals surface area (Å²) in [6.07, 6.45) is 10.8. The maximum absolute atomic E-state index is 12.6. The van der Waals surface area contributed by atoms with Gasteiger partial charge in [-0.25, -0.2) is 19.5 Å². The van der Waals surface area contributed by atoms with Gasteiger partial charge in [0.2, 0.25) is 11.8 Å². The number of rotatable bonds is 7. The number of amides is 1. The molecule has 1 unspecified atom stereocenters. The van der Waals surface area contributed by atoms with Crippen molar-refractivity contribution in [3.8, 4) is 11.6 Å². The summed E-state index contributed by atoms with van der Waals surface area (Å²) in [4.78, 5) is 27.9. The Kier molecular flexibility index (Phi) is 6.60. The van der Waals surface area contributed by atoms with Gasteiger partial charge in [0.25, 0.3) is 0 Å². The molecular formula is C29H28N8O2. The van der Waals surface area contributed by atoms with E-state index in [-0.39, 0.29) is 5.91 Å². The van der Waals surface area contributed by atoms with Gasteiger partial charge in [0.15, 0.2) is 5.65 Å². The second-order valence-corrected chi connectivity index (χ2v) is 9.60. The van der Waals surface area contributed by atoms with E-state index in [9.17, 15) is 4.79 Å². The molecule has 0 saturated carbocycles. The number of nitrogens with zero attached hydrogens (tertiary/aromatic N) is 6. The Morgan fingerprint density at radius 3 is 2.82 bits per heavy atom. The van der Waals surface area contributed by atoms with Crippen LogP contribution < -0.4 is 15.4 Å². The largest absolute Gasteiger partial charge is 0.437 e. The van der Waals surface area contributed by atoms with Crippen LogP contribution in [0.5, 0.6) is 11.6 Å². The average molecular weight is 521 g/mol.